The lowest BCUT2D eigenvalue weighted by Crippen LogP contribution is -2.13. The number of nitrogens with one attached hydrogen (secondary N) is 1. The maximum absolute atomic E-state index is 12.0. The first-order chi connectivity index (χ1) is 8.71. The van der Waals surface area contributed by atoms with E-state index in [9.17, 15) is 4.79 Å². The second-order valence-electron chi connectivity index (χ2n) is 3.73. The number of hydrogen-bond donors (Lipinski definition) is 1. The first kappa shape index (κ1) is 14.6. The summed E-state index contributed by atoms with van der Waals surface area (Å²) in [5, 5.41) is 4.12. The van der Waals surface area contributed by atoms with Crippen molar-refractivity contribution in [1.29, 1.82) is 0 Å². The first-order valence-corrected chi connectivity index (χ1v) is 7.11. The molecule has 4 heteroatoms. The number of thioether (sulfide) groups is 1. The Bertz CT molecular complexity index is 412. The minimum atomic E-state index is 0.00519. The maximum atomic E-state index is 12.0. The topological polar surface area (TPSA) is 38.3 Å². The molecule has 0 saturated carbocycles. The van der Waals surface area contributed by atoms with Gasteiger partial charge < -0.3 is 10.1 Å². The summed E-state index contributed by atoms with van der Waals surface area (Å²) < 4.78 is 5.06. The molecule has 1 rings (SSSR count). The molecular formula is C14H19NO2S. The molecule has 18 heavy (non-hydrogen) atoms. The molecule has 0 aliphatic heterocycles. The van der Waals surface area contributed by atoms with Crippen LogP contribution in [-0.4, -0.2) is 25.7 Å². The number of ether oxygens (including phenoxy) is 1. The van der Waals surface area contributed by atoms with Crippen molar-refractivity contribution in [2.24, 2.45) is 0 Å². The smallest absolute Gasteiger partial charge is 0.188 e. The summed E-state index contributed by atoms with van der Waals surface area (Å²) in [6, 6.07) is 7.13. The zero-order valence-corrected chi connectivity index (χ0v) is 11.8. The number of carbonyl (C=O) groups excluding carboxylic acids is 1. The lowest BCUT2D eigenvalue weighted by molar-refractivity contribution is 0.104. The molecule has 1 N–H and O–H groups in total. The highest BCUT2D eigenvalue weighted by molar-refractivity contribution is 8.02. The SMILES string of the molecule is CCCNC(=CC(=O)c1ccc(OC)cc1)SC. The van der Waals surface area contributed by atoms with Crippen LogP contribution < -0.4 is 10.1 Å². The Balaban J connectivity index is 2.75. The molecule has 1 aromatic rings. The van der Waals surface area contributed by atoms with Crippen molar-refractivity contribution in [3.63, 3.8) is 0 Å². The van der Waals surface area contributed by atoms with Gasteiger partial charge in [0.1, 0.15) is 5.75 Å². The van der Waals surface area contributed by atoms with Gasteiger partial charge in [-0.25, -0.2) is 0 Å². The van der Waals surface area contributed by atoms with Crippen LogP contribution in [0.4, 0.5) is 0 Å². The Kier molecular flexibility index (Phi) is 6.36. The Morgan fingerprint density at radius 2 is 2.06 bits per heavy atom. The minimum absolute atomic E-state index is 0.00519. The van der Waals surface area contributed by atoms with Crippen molar-refractivity contribution >= 4 is 17.5 Å². The molecule has 0 radical (unpaired) electrons. The molecule has 0 atom stereocenters. The number of allylic oxidation sites excluding steroid dienone is 1. The van der Waals surface area contributed by atoms with Crippen LogP contribution in [0, 0.1) is 0 Å². The molecule has 3 nitrogen and oxygen atoms in total. The van der Waals surface area contributed by atoms with Crippen LogP contribution in [-0.2, 0) is 0 Å². The standard InChI is InChI=1S/C14H19NO2S/c1-4-9-15-14(18-3)10-13(16)11-5-7-12(17-2)8-6-11/h5-8,10,15H,4,9H2,1-3H3. The molecule has 0 saturated heterocycles. The van der Waals surface area contributed by atoms with Crippen molar-refractivity contribution < 1.29 is 9.53 Å². The lowest BCUT2D eigenvalue weighted by atomic mass is 10.1. The minimum Gasteiger partial charge on any atom is -0.497 e. The van der Waals surface area contributed by atoms with Crippen molar-refractivity contribution in [3.8, 4) is 5.75 Å². The van der Waals surface area contributed by atoms with E-state index < -0.39 is 0 Å². The third-order valence-corrected chi connectivity index (χ3v) is 3.11. The average Bonchev–Trinajstić information content (AvgIpc) is 2.43. The van der Waals surface area contributed by atoms with Gasteiger partial charge in [-0.3, -0.25) is 4.79 Å². The van der Waals surface area contributed by atoms with Gasteiger partial charge in [-0.15, -0.1) is 11.8 Å². The maximum Gasteiger partial charge on any atom is 0.188 e. The summed E-state index contributed by atoms with van der Waals surface area (Å²) in [5.41, 5.74) is 0.667. The monoisotopic (exact) mass is 265 g/mol. The van der Waals surface area contributed by atoms with E-state index in [4.69, 9.17) is 4.74 Å². The summed E-state index contributed by atoms with van der Waals surface area (Å²) in [7, 11) is 1.61. The number of ketones is 1. The van der Waals surface area contributed by atoms with Gasteiger partial charge in [0.2, 0.25) is 0 Å². The van der Waals surface area contributed by atoms with Gasteiger partial charge in [0.15, 0.2) is 5.78 Å². The third-order valence-electron chi connectivity index (χ3n) is 2.41. The molecule has 1 aromatic carbocycles. The molecule has 0 amide bonds. The highest BCUT2D eigenvalue weighted by atomic mass is 32.2. The van der Waals surface area contributed by atoms with E-state index in [1.807, 2.05) is 6.26 Å². The normalized spacial score (nSPS) is 11.2. The van der Waals surface area contributed by atoms with Crippen LogP contribution in [0.2, 0.25) is 0 Å². The molecular weight excluding hydrogens is 246 g/mol. The van der Waals surface area contributed by atoms with E-state index in [0.717, 1.165) is 23.7 Å². The summed E-state index contributed by atoms with van der Waals surface area (Å²) in [6.07, 6.45) is 4.63. The Labute approximate surface area is 113 Å². The highest BCUT2D eigenvalue weighted by Crippen LogP contribution is 2.14. The molecule has 0 heterocycles. The largest absolute Gasteiger partial charge is 0.497 e. The van der Waals surface area contributed by atoms with Gasteiger partial charge in [0, 0.05) is 18.2 Å². The Hall–Kier alpha value is -1.42. The second-order valence-corrected chi connectivity index (χ2v) is 4.58. The Morgan fingerprint density at radius 1 is 1.39 bits per heavy atom. The van der Waals surface area contributed by atoms with Gasteiger partial charge in [0.05, 0.1) is 12.1 Å². The number of methoxy groups -OCH3 is 1. The van der Waals surface area contributed by atoms with Gasteiger partial charge >= 0.3 is 0 Å². The Morgan fingerprint density at radius 3 is 2.56 bits per heavy atom. The van der Waals surface area contributed by atoms with Crippen molar-refractivity contribution in [3.05, 3.63) is 40.9 Å². The summed E-state index contributed by atoms with van der Waals surface area (Å²) in [6.45, 7) is 2.97. The lowest BCUT2D eigenvalue weighted by Gasteiger charge is -2.06. The average molecular weight is 265 g/mol. The molecule has 98 valence electrons. The number of carbonyl (C=O) groups is 1. The van der Waals surface area contributed by atoms with Gasteiger partial charge in [0.25, 0.3) is 0 Å². The highest BCUT2D eigenvalue weighted by Gasteiger charge is 2.04. The van der Waals surface area contributed by atoms with Crippen LogP contribution >= 0.6 is 11.8 Å². The molecule has 0 unspecified atom stereocenters. The quantitative estimate of drug-likeness (QED) is 0.607. The van der Waals surface area contributed by atoms with Crippen molar-refractivity contribution in [1.82, 2.24) is 5.32 Å². The zero-order chi connectivity index (χ0) is 13.4. The summed E-state index contributed by atoms with van der Waals surface area (Å²) in [5.74, 6) is 0.760. The fraction of sp³-hybridized carbons (Fsp3) is 0.357. The summed E-state index contributed by atoms with van der Waals surface area (Å²) in [4.78, 5) is 12.0. The molecule has 0 aliphatic rings. The number of benzene rings is 1. The van der Waals surface area contributed by atoms with Crippen LogP contribution in [0.1, 0.15) is 23.7 Å². The van der Waals surface area contributed by atoms with Crippen LogP contribution in [0.5, 0.6) is 5.75 Å². The van der Waals surface area contributed by atoms with E-state index in [2.05, 4.69) is 12.2 Å². The van der Waals surface area contributed by atoms with Crippen LogP contribution in [0.25, 0.3) is 0 Å². The predicted molar refractivity (Wildman–Crippen MR) is 77.2 cm³/mol. The van der Waals surface area contributed by atoms with E-state index in [1.165, 1.54) is 0 Å². The number of hydrogen-bond acceptors (Lipinski definition) is 4. The fourth-order valence-electron chi connectivity index (χ4n) is 1.39. The van der Waals surface area contributed by atoms with Gasteiger partial charge in [-0.2, -0.15) is 0 Å². The van der Waals surface area contributed by atoms with Gasteiger partial charge in [-0.1, -0.05) is 6.92 Å². The predicted octanol–water partition coefficient (Wildman–Crippen LogP) is 3.08. The zero-order valence-electron chi connectivity index (χ0n) is 11.0. The van der Waals surface area contributed by atoms with E-state index in [1.54, 1.807) is 49.2 Å². The van der Waals surface area contributed by atoms with E-state index in [-0.39, 0.29) is 5.78 Å². The van der Waals surface area contributed by atoms with Crippen molar-refractivity contribution in [2.45, 2.75) is 13.3 Å². The molecule has 0 aliphatic carbocycles. The van der Waals surface area contributed by atoms with Crippen molar-refractivity contribution in [2.75, 3.05) is 19.9 Å². The number of rotatable bonds is 7. The van der Waals surface area contributed by atoms with Gasteiger partial charge in [-0.05, 0) is 36.9 Å². The molecule has 0 fully saturated rings. The van der Waals surface area contributed by atoms with E-state index in [0.29, 0.717) is 5.56 Å². The van der Waals surface area contributed by atoms with Crippen LogP contribution in [0.15, 0.2) is 35.4 Å². The van der Waals surface area contributed by atoms with E-state index >= 15 is 0 Å². The molecule has 0 bridgehead atoms. The third kappa shape index (κ3) is 4.45. The van der Waals surface area contributed by atoms with Crippen LogP contribution in [0.3, 0.4) is 0 Å². The molecule has 0 aromatic heterocycles. The first-order valence-electron chi connectivity index (χ1n) is 5.89. The second kappa shape index (κ2) is 7.82. The fourth-order valence-corrected chi connectivity index (χ4v) is 1.86. The molecule has 0 spiro atoms. The summed E-state index contributed by atoms with van der Waals surface area (Å²) >= 11 is 1.54.